The average Bonchev–Trinajstić information content (AvgIpc) is 2.71. The first-order valence-corrected chi connectivity index (χ1v) is 6.42. The van der Waals surface area contributed by atoms with Gasteiger partial charge >= 0.3 is 0 Å². The normalized spacial score (nSPS) is 10.7. The molecule has 0 atom stereocenters. The second kappa shape index (κ2) is 5.46. The van der Waals surface area contributed by atoms with E-state index in [1.165, 1.54) is 12.1 Å². The Morgan fingerprint density at radius 2 is 2.22 bits per heavy atom. The van der Waals surface area contributed by atoms with Gasteiger partial charge in [0.1, 0.15) is 16.6 Å². The molecule has 2 aromatic rings. The van der Waals surface area contributed by atoms with Crippen LogP contribution in [0.5, 0.6) is 5.75 Å². The maximum atomic E-state index is 13.3. The second-order valence-electron chi connectivity index (χ2n) is 3.90. The lowest BCUT2D eigenvalue weighted by Crippen LogP contribution is -2.06. The van der Waals surface area contributed by atoms with E-state index in [0.717, 1.165) is 15.6 Å². The van der Waals surface area contributed by atoms with Crippen LogP contribution >= 0.6 is 11.3 Å². The number of halogens is 1. The van der Waals surface area contributed by atoms with E-state index < -0.39 is 0 Å². The molecule has 0 saturated carbocycles. The van der Waals surface area contributed by atoms with Crippen molar-refractivity contribution in [2.24, 2.45) is 0 Å². The Morgan fingerprint density at radius 3 is 2.89 bits per heavy atom. The van der Waals surface area contributed by atoms with E-state index in [2.05, 4.69) is 10.3 Å². The lowest BCUT2D eigenvalue weighted by molar-refractivity contribution is 0.415. The van der Waals surface area contributed by atoms with Gasteiger partial charge in [0.2, 0.25) is 0 Å². The van der Waals surface area contributed by atoms with Gasteiger partial charge in [0.25, 0.3) is 0 Å². The van der Waals surface area contributed by atoms with Gasteiger partial charge < -0.3 is 10.1 Å². The van der Waals surface area contributed by atoms with Crippen molar-refractivity contribution in [3.8, 4) is 16.3 Å². The van der Waals surface area contributed by atoms with Crippen LogP contribution in [0.15, 0.2) is 18.2 Å². The number of benzene rings is 1. The van der Waals surface area contributed by atoms with Crippen molar-refractivity contribution in [3.63, 3.8) is 0 Å². The van der Waals surface area contributed by atoms with Crippen molar-refractivity contribution in [2.45, 2.75) is 13.5 Å². The summed E-state index contributed by atoms with van der Waals surface area (Å²) in [5.41, 5.74) is 1.69. The highest BCUT2D eigenvalue weighted by Crippen LogP contribution is 2.34. The average molecular weight is 266 g/mol. The fourth-order valence-electron chi connectivity index (χ4n) is 1.72. The molecule has 0 amide bonds. The van der Waals surface area contributed by atoms with Gasteiger partial charge in [-0.05, 0) is 32.2 Å². The predicted molar refractivity (Wildman–Crippen MR) is 71.6 cm³/mol. The van der Waals surface area contributed by atoms with Crippen molar-refractivity contribution in [2.75, 3.05) is 14.2 Å². The number of aromatic nitrogens is 1. The zero-order valence-corrected chi connectivity index (χ0v) is 11.4. The van der Waals surface area contributed by atoms with Crippen LogP contribution in [0.4, 0.5) is 4.39 Å². The lowest BCUT2D eigenvalue weighted by atomic mass is 10.2. The van der Waals surface area contributed by atoms with Gasteiger partial charge in [-0.15, -0.1) is 11.3 Å². The molecule has 96 valence electrons. The van der Waals surface area contributed by atoms with Crippen LogP contribution in [0.2, 0.25) is 0 Å². The lowest BCUT2D eigenvalue weighted by Gasteiger charge is -2.05. The molecule has 1 heterocycles. The van der Waals surface area contributed by atoms with Crippen molar-refractivity contribution in [1.29, 1.82) is 0 Å². The van der Waals surface area contributed by atoms with Gasteiger partial charge in [0.15, 0.2) is 0 Å². The van der Waals surface area contributed by atoms with Crippen molar-refractivity contribution >= 4 is 11.3 Å². The minimum absolute atomic E-state index is 0.284. The molecule has 5 heteroatoms. The first-order valence-electron chi connectivity index (χ1n) is 5.60. The van der Waals surface area contributed by atoms with Gasteiger partial charge in [0, 0.05) is 11.4 Å². The highest BCUT2D eigenvalue weighted by Gasteiger charge is 2.13. The van der Waals surface area contributed by atoms with Gasteiger partial charge in [-0.2, -0.15) is 0 Å². The smallest absolute Gasteiger partial charge is 0.129 e. The summed E-state index contributed by atoms with van der Waals surface area (Å²) in [7, 11) is 3.45. The number of hydrogen-bond donors (Lipinski definition) is 1. The van der Waals surface area contributed by atoms with Gasteiger partial charge in [-0.25, -0.2) is 9.37 Å². The first kappa shape index (κ1) is 13.0. The molecule has 0 bridgehead atoms. The molecular formula is C13H15FN2OS. The summed E-state index contributed by atoms with van der Waals surface area (Å²) in [6.07, 6.45) is 0. The predicted octanol–water partition coefficient (Wildman–Crippen LogP) is 2.99. The third-order valence-corrected chi connectivity index (χ3v) is 3.68. The Bertz CT molecular complexity index is 554. The van der Waals surface area contributed by atoms with E-state index in [1.54, 1.807) is 24.5 Å². The maximum absolute atomic E-state index is 13.3. The zero-order chi connectivity index (χ0) is 13.1. The van der Waals surface area contributed by atoms with Gasteiger partial charge in [-0.1, -0.05) is 0 Å². The quantitative estimate of drug-likeness (QED) is 0.923. The molecule has 0 spiro atoms. The molecule has 0 unspecified atom stereocenters. The molecule has 1 aromatic carbocycles. The maximum Gasteiger partial charge on any atom is 0.129 e. The molecule has 1 N–H and O–H groups in total. The highest BCUT2D eigenvalue weighted by atomic mass is 32.1. The summed E-state index contributed by atoms with van der Waals surface area (Å²) in [6.45, 7) is 2.72. The summed E-state index contributed by atoms with van der Waals surface area (Å²) < 4.78 is 18.6. The van der Waals surface area contributed by atoms with E-state index in [0.29, 0.717) is 17.9 Å². The summed E-state index contributed by atoms with van der Waals surface area (Å²) in [5, 5.41) is 3.85. The van der Waals surface area contributed by atoms with E-state index >= 15 is 0 Å². The molecule has 0 aliphatic rings. The van der Waals surface area contributed by atoms with E-state index in [4.69, 9.17) is 4.74 Å². The number of nitrogens with one attached hydrogen (secondary N) is 1. The molecule has 3 nitrogen and oxygen atoms in total. The number of ether oxygens (including phenoxy) is 1. The Hall–Kier alpha value is -1.46. The first-order chi connectivity index (χ1) is 8.65. The number of thiazole rings is 1. The SMILES string of the molecule is CNCc1nc(-c2cc(F)ccc2OC)sc1C. The topological polar surface area (TPSA) is 34.2 Å². The van der Waals surface area contributed by atoms with Gasteiger partial charge in [-0.3, -0.25) is 0 Å². The number of nitrogens with zero attached hydrogens (tertiary/aromatic N) is 1. The van der Waals surface area contributed by atoms with Crippen LogP contribution < -0.4 is 10.1 Å². The number of methoxy groups -OCH3 is 1. The summed E-state index contributed by atoms with van der Waals surface area (Å²) >= 11 is 1.55. The zero-order valence-electron chi connectivity index (χ0n) is 10.6. The van der Waals surface area contributed by atoms with Crippen LogP contribution in [0.25, 0.3) is 10.6 Å². The fraction of sp³-hybridized carbons (Fsp3) is 0.308. The van der Waals surface area contributed by atoms with Crippen LogP contribution in [-0.2, 0) is 6.54 Å². The highest BCUT2D eigenvalue weighted by molar-refractivity contribution is 7.15. The number of hydrogen-bond acceptors (Lipinski definition) is 4. The minimum Gasteiger partial charge on any atom is -0.496 e. The Balaban J connectivity index is 2.47. The van der Waals surface area contributed by atoms with Crippen molar-refractivity contribution in [3.05, 3.63) is 34.6 Å². The summed E-state index contributed by atoms with van der Waals surface area (Å²) in [6, 6.07) is 4.47. The van der Waals surface area contributed by atoms with Crippen LogP contribution in [0.3, 0.4) is 0 Å². The molecule has 0 aliphatic carbocycles. The Morgan fingerprint density at radius 1 is 1.44 bits per heavy atom. The molecule has 0 aliphatic heterocycles. The number of rotatable bonds is 4. The van der Waals surface area contributed by atoms with Crippen molar-refractivity contribution < 1.29 is 9.13 Å². The fourth-order valence-corrected chi connectivity index (χ4v) is 2.67. The van der Waals surface area contributed by atoms with E-state index in [-0.39, 0.29) is 5.82 Å². The van der Waals surface area contributed by atoms with Crippen LogP contribution in [0.1, 0.15) is 10.6 Å². The summed E-state index contributed by atoms with van der Waals surface area (Å²) in [4.78, 5) is 5.66. The van der Waals surface area contributed by atoms with Crippen LogP contribution in [0, 0.1) is 12.7 Å². The molecule has 0 saturated heterocycles. The van der Waals surface area contributed by atoms with E-state index in [9.17, 15) is 4.39 Å². The molecular weight excluding hydrogens is 251 g/mol. The van der Waals surface area contributed by atoms with Crippen molar-refractivity contribution in [1.82, 2.24) is 10.3 Å². The Kier molecular flexibility index (Phi) is 3.93. The molecule has 2 rings (SSSR count). The molecule has 0 radical (unpaired) electrons. The molecule has 18 heavy (non-hydrogen) atoms. The Labute approximate surface area is 110 Å². The molecule has 0 fully saturated rings. The number of aryl methyl sites for hydroxylation is 1. The standard InChI is InChI=1S/C13H15FN2OS/c1-8-11(7-15-2)16-13(18-8)10-6-9(14)4-5-12(10)17-3/h4-6,15H,7H2,1-3H3. The third kappa shape index (κ3) is 2.52. The summed E-state index contributed by atoms with van der Waals surface area (Å²) in [5.74, 6) is 0.356. The minimum atomic E-state index is -0.284. The second-order valence-corrected chi connectivity index (χ2v) is 5.10. The van der Waals surface area contributed by atoms with Crippen LogP contribution in [-0.4, -0.2) is 19.1 Å². The third-order valence-electron chi connectivity index (χ3n) is 2.63. The van der Waals surface area contributed by atoms with E-state index in [1.807, 2.05) is 14.0 Å². The largest absolute Gasteiger partial charge is 0.496 e. The molecule has 1 aromatic heterocycles. The van der Waals surface area contributed by atoms with Gasteiger partial charge in [0.05, 0.1) is 18.4 Å². The monoisotopic (exact) mass is 266 g/mol.